The topological polar surface area (TPSA) is 66.4 Å². The molecule has 0 unspecified atom stereocenters. The standard InChI is InChI=1S/C19H21F2NO3S/c20-15-5-2-6-16(10-15)26(24,25)17-9-13-3-1-4-14(12-22-7-8-23)19(13)18(21)11-17/h2,5-6,9-11,14,22-23H,1,3-4,7-8,12H2/t14-/m0/s1. The van der Waals surface area contributed by atoms with Gasteiger partial charge < -0.3 is 10.4 Å². The number of aryl methyl sites for hydroxylation is 1. The van der Waals surface area contributed by atoms with Crippen LogP contribution in [0.4, 0.5) is 8.78 Å². The Hall–Kier alpha value is -1.83. The zero-order valence-corrected chi connectivity index (χ0v) is 15.0. The van der Waals surface area contributed by atoms with Crippen LogP contribution in [0.2, 0.25) is 0 Å². The summed E-state index contributed by atoms with van der Waals surface area (Å²) >= 11 is 0. The van der Waals surface area contributed by atoms with Crippen LogP contribution in [-0.4, -0.2) is 33.2 Å². The third-order valence-corrected chi connectivity index (χ3v) is 6.42. The zero-order chi connectivity index (χ0) is 18.7. The van der Waals surface area contributed by atoms with Crippen LogP contribution in [0.15, 0.2) is 46.2 Å². The van der Waals surface area contributed by atoms with Crippen LogP contribution in [0.25, 0.3) is 0 Å². The number of nitrogens with one attached hydrogen (secondary N) is 1. The van der Waals surface area contributed by atoms with Gasteiger partial charge >= 0.3 is 0 Å². The van der Waals surface area contributed by atoms with E-state index in [0.717, 1.165) is 31.0 Å². The molecule has 0 radical (unpaired) electrons. The maximum absolute atomic E-state index is 14.8. The first-order chi connectivity index (χ1) is 12.4. The van der Waals surface area contributed by atoms with Crippen LogP contribution < -0.4 is 5.32 Å². The summed E-state index contributed by atoms with van der Waals surface area (Å²) < 4.78 is 53.7. The molecular weight excluding hydrogens is 360 g/mol. The average Bonchev–Trinajstić information content (AvgIpc) is 2.61. The van der Waals surface area contributed by atoms with E-state index in [2.05, 4.69) is 5.32 Å². The molecule has 1 aliphatic rings. The fourth-order valence-electron chi connectivity index (χ4n) is 3.48. The molecule has 2 aromatic rings. The number of hydrogen-bond donors (Lipinski definition) is 2. The lowest BCUT2D eigenvalue weighted by Gasteiger charge is -2.27. The lowest BCUT2D eigenvalue weighted by molar-refractivity contribution is 0.289. The smallest absolute Gasteiger partial charge is 0.206 e. The molecule has 4 nitrogen and oxygen atoms in total. The van der Waals surface area contributed by atoms with Gasteiger partial charge in [-0.25, -0.2) is 17.2 Å². The van der Waals surface area contributed by atoms with Crippen molar-refractivity contribution in [2.45, 2.75) is 35.0 Å². The van der Waals surface area contributed by atoms with Gasteiger partial charge in [0.15, 0.2) is 0 Å². The van der Waals surface area contributed by atoms with Gasteiger partial charge in [0.2, 0.25) is 9.84 Å². The molecule has 0 spiro atoms. The van der Waals surface area contributed by atoms with E-state index in [1.54, 1.807) is 0 Å². The lowest BCUT2D eigenvalue weighted by atomic mass is 9.82. The number of aliphatic hydroxyl groups excluding tert-OH is 1. The fourth-order valence-corrected chi connectivity index (χ4v) is 4.83. The summed E-state index contributed by atoms with van der Waals surface area (Å²) in [5.41, 5.74) is 1.22. The first-order valence-electron chi connectivity index (χ1n) is 8.58. The van der Waals surface area contributed by atoms with Gasteiger partial charge in [0.25, 0.3) is 0 Å². The van der Waals surface area contributed by atoms with Crippen molar-refractivity contribution in [3.63, 3.8) is 0 Å². The average molecular weight is 381 g/mol. The summed E-state index contributed by atoms with van der Waals surface area (Å²) in [5, 5.41) is 11.9. The monoisotopic (exact) mass is 381 g/mol. The Morgan fingerprint density at radius 1 is 1.15 bits per heavy atom. The quantitative estimate of drug-likeness (QED) is 0.755. The van der Waals surface area contributed by atoms with Crippen LogP contribution in [0, 0.1) is 11.6 Å². The molecular formula is C19H21F2NO3S. The molecule has 2 N–H and O–H groups in total. The van der Waals surface area contributed by atoms with Gasteiger partial charge in [-0.3, -0.25) is 0 Å². The summed E-state index contributed by atoms with van der Waals surface area (Å²) in [4.78, 5) is -0.336. The first-order valence-corrected chi connectivity index (χ1v) is 10.1. The van der Waals surface area contributed by atoms with Crippen LogP contribution in [0.5, 0.6) is 0 Å². The van der Waals surface area contributed by atoms with Crippen molar-refractivity contribution < 1.29 is 22.3 Å². The minimum Gasteiger partial charge on any atom is -0.395 e. The van der Waals surface area contributed by atoms with Crippen molar-refractivity contribution in [3.05, 3.63) is 59.2 Å². The first kappa shape index (κ1) is 18.9. The second kappa shape index (κ2) is 7.82. The third kappa shape index (κ3) is 3.79. The van der Waals surface area contributed by atoms with E-state index in [-0.39, 0.29) is 22.3 Å². The summed E-state index contributed by atoms with van der Waals surface area (Å²) in [6.07, 6.45) is 2.25. The zero-order valence-electron chi connectivity index (χ0n) is 14.2. The van der Waals surface area contributed by atoms with Gasteiger partial charge in [0, 0.05) is 13.1 Å². The highest BCUT2D eigenvalue weighted by molar-refractivity contribution is 7.91. The highest BCUT2D eigenvalue weighted by Crippen LogP contribution is 2.36. The highest BCUT2D eigenvalue weighted by atomic mass is 32.2. The molecule has 0 bridgehead atoms. The predicted octanol–water partition coefficient (Wildman–Crippen LogP) is 2.80. The Kier molecular flexibility index (Phi) is 5.70. The van der Waals surface area contributed by atoms with Crippen LogP contribution in [0.3, 0.4) is 0 Å². The van der Waals surface area contributed by atoms with Crippen molar-refractivity contribution in [3.8, 4) is 0 Å². The van der Waals surface area contributed by atoms with Gasteiger partial charge in [0.05, 0.1) is 16.4 Å². The summed E-state index contributed by atoms with van der Waals surface area (Å²) in [6.45, 7) is 0.965. The molecule has 0 heterocycles. The second-order valence-electron chi connectivity index (χ2n) is 6.46. The molecule has 140 valence electrons. The van der Waals surface area contributed by atoms with E-state index < -0.39 is 21.5 Å². The molecule has 0 saturated heterocycles. The highest BCUT2D eigenvalue weighted by Gasteiger charge is 2.27. The minimum absolute atomic E-state index is 0.00682. The van der Waals surface area contributed by atoms with E-state index in [0.29, 0.717) is 30.6 Å². The summed E-state index contributed by atoms with van der Waals surface area (Å²) in [6, 6.07) is 7.27. The SMILES string of the molecule is O=S(=O)(c1cccc(F)c1)c1cc(F)c2c(c1)CCC[C@H]2CNCCO. The molecule has 0 aromatic heterocycles. The number of benzene rings is 2. The number of sulfone groups is 1. The largest absolute Gasteiger partial charge is 0.395 e. The van der Waals surface area contributed by atoms with E-state index in [1.165, 1.54) is 18.2 Å². The molecule has 1 atom stereocenters. The Morgan fingerprint density at radius 3 is 2.69 bits per heavy atom. The molecule has 0 amide bonds. The van der Waals surface area contributed by atoms with Crippen LogP contribution >= 0.6 is 0 Å². The third-order valence-electron chi connectivity index (χ3n) is 4.69. The van der Waals surface area contributed by atoms with Crippen molar-refractivity contribution in [2.24, 2.45) is 0 Å². The van der Waals surface area contributed by atoms with Crippen molar-refractivity contribution in [1.82, 2.24) is 5.32 Å². The number of rotatable bonds is 6. The van der Waals surface area contributed by atoms with E-state index in [1.807, 2.05) is 0 Å². The molecule has 2 aromatic carbocycles. The van der Waals surface area contributed by atoms with Crippen LogP contribution in [-0.2, 0) is 16.3 Å². The molecule has 1 aliphatic carbocycles. The van der Waals surface area contributed by atoms with E-state index in [9.17, 15) is 17.2 Å². The van der Waals surface area contributed by atoms with Gasteiger partial charge in [-0.1, -0.05) is 6.07 Å². The van der Waals surface area contributed by atoms with E-state index >= 15 is 0 Å². The fraction of sp³-hybridized carbons (Fsp3) is 0.368. The van der Waals surface area contributed by atoms with Crippen molar-refractivity contribution in [2.75, 3.05) is 19.7 Å². The van der Waals surface area contributed by atoms with Gasteiger partial charge in [-0.2, -0.15) is 0 Å². The second-order valence-corrected chi connectivity index (χ2v) is 8.41. The van der Waals surface area contributed by atoms with Crippen LogP contribution in [0.1, 0.15) is 29.9 Å². The summed E-state index contributed by atoms with van der Waals surface area (Å²) in [5.74, 6) is -1.26. The number of halogens is 2. The predicted molar refractivity (Wildman–Crippen MR) is 93.9 cm³/mol. The maximum Gasteiger partial charge on any atom is 0.206 e. The van der Waals surface area contributed by atoms with Gasteiger partial charge in [-0.15, -0.1) is 0 Å². The Morgan fingerprint density at radius 2 is 1.96 bits per heavy atom. The Balaban J connectivity index is 1.98. The number of aliphatic hydroxyl groups is 1. The maximum atomic E-state index is 14.8. The number of fused-ring (bicyclic) bond motifs is 1. The van der Waals surface area contributed by atoms with E-state index in [4.69, 9.17) is 5.11 Å². The van der Waals surface area contributed by atoms with Crippen molar-refractivity contribution in [1.29, 1.82) is 0 Å². The summed E-state index contributed by atoms with van der Waals surface area (Å²) in [7, 11) is -3.98. The minimum atomic E-state index is -3.98. The molecule has 0 aliphatic heterocycles. The molecule has 0 fully saturated rings. The van der Waals surface area contributed by atoms with Gasteiger partial charge in [-0.05, 0) is 66.6 Å². The molecule has 26 heavy (non-hydrogen) atoms. The lowest BCUT2D eigenvalue weighted by Crippen LogP contribution is -2.27. The Bertz CT molecular complexity index is 900. The van der Waals surface area contributed by atoms with Crippen molar-refractivity contribution >= 4 is 9.84 Å². The Labute approximate surface area is 151 Å². The molecule has 0 saturated carbocycles. The van der Waals surface area contributed by atoms with Gasteiger partial charge in [0.1, 0.15) is 11.6 Å². The number of hydrogen-bond acceptors (Lipinski definition) is 4. The molecule has 7 heteroatoms. The molecule has 3 rings (SSSR count). The normalized spacial score (nSPS) is 17.1.